The van der Waals surface area contributed by atoms with Crippen molar-refractivity contribution in [1.82, 2.24) is 9.80 Å². The van der Waals surface area contributed by atoms with Gasteiger partial charge >= 0.3 is 12.1 Å². The summed E-state index contributed by atoms with van der Waals surface area (Å²) in [5.74, 6) is -1.94. The van der Waals surface area contributed by atoms with Crippen LogP contribution in [0.3, 0.4) is 0 Å². The van der Waals surface area contributed by atoms with E-state index in [2.05, 4.69) is 0 Å². The molecule has 2 amide bonds. The van der Waals surface area contributed by atoms with Crippen molar-refractivity contribution >= 4 is 31.5 Å². The minimum absolute atomic E-state index is 0.0351. The van der Waals surface area contributed by atoms with E-state index >= 15 is 0 Å². The number of halogens is 4. The molecule has 2 heterocycles. The molecule has 0 aliphatic carbocycles. The highest BCUT2D eigenvalue weighted by Gasteiger charge is 2.47. The van der Waals surface area contributed by atoms with Crippen LogP contribution in [-0.4, -0.2) is 68.0 Å². The van der Waals surface area contributed by atoms with Gasteiger partial charge in [0.2, 0.25) is 0 Å². The molecular formula is C27H30ClF3N2O5S. The van der Waals surface area contributed by atoms with Gasteiger partial charge in [-0.25, -0.2) is 8.42 Å². The quantitative estimate of drug-likeness (QED) is 0.443. The molecule has 212 valence electrons. The lowest BCUT2D eigenvalue weighted by Gasteiger charge is -2.42. The Bertz CT molecular complexity index is 1350. The van der Waals surface area contributed by atoms with Crippen LogP contribution >= 0.6 is 10.7 Å². The van der Waals surface area contributed by atoms with Crippen LogP contribution < -0.4 is 4.74 Å². The third-order valence-corrected chi connectivity index (χ3v) is 8.93. The number of hydrogen-bond donors (Lipinski definition) is 0. The largest absolute Gasteiger partial charge is 0.487 e. The first-order chi connectivity index (χ1) is 18.3. The van der Waals surface area contributed by atoms with E-state index in [1.165, 1.54) is 18.2 Å². The number of fused-ring (bicyclic) bond motifs is 1. The molecule has 1 saturated heterocycles. The molecule has 2 aliphatic rings. The highest BCUT2D eigenvalue weighted by Crippen LogP contribution is 2.49. The molecule has 2 aromatic rings. The molecule has 1 fully saturated rings. The molecule has 2 atom stereocenters. The van der Waals surface area contributed by atoms with Crippen LogP contribution in [-0.2, 0) is 13.8 Å². The number of likely N-dealkylation sites (tertiary alicyclic amines) is 1. The normalized spacial score (nSPS) is 21.6. The molecule has 7 nitrogen and oxygen atoms in total. The van der Waals surface area contributed by atoms with E-state index in [1.807, 2.05) is 26.0 Å². The van der Waals surface area contributed by atoms with E-state index in [1.54, 1.807) is 17.0 Å². The third-order valence-electron chi connectivity index (χ3n) is 7.58. The van der Waals surface area contributed by atoms with Crippen LogP contribution in [0.5, 0.6) is 5.75 Å². The van der Waals surface area contributed by atoms with E-state index in [0.717, 1.165) is 10.5 Å². The number of nitrogens with zero attached hydrogens (tertiary/aromatic N) is 2. The fourth-order valence-corrected chi connectivity index (χ4v) is 6.29. The molecule has 0 bridgehead atoms. The number of rotatable bonds is 5. The van der Waals surface area contributed by atoms with Gasteiger partial charge in [-0.2, -0.15) is 13.2 Å². The van der Waals surface area contributed by atoms with Crippen LogP contribution in [0.25, 0.3) is 0 Å². The maximum absolute atomic E-state index is 13.1. The van der Waals surface area contributed by atoms with Gasteiger partial charge in [0.1, 0.15) is 11.4 Å². The molecule has 0 saturated carbocycles. The maximum Gasteiger partial charge on any atom is 0.471 e. The summed E-state index contributed by atoms with van der Waals surface area (Å²) < 4.78 is 69.8. The van der Waals surface area contributed by atoms with Crippen LogP contribution in [0.2, 0.25) is 0 Å². The fraction of sp³-hybridized carbons (Fsp3) is 0.481. The summed E-state index contributed by atoms with van der Waals surface area (Å²) in [6.45, 7) is 4.77. The standard InChI is InChI=1S/C27H30ClF3N2O5S/c1-3-32(4-2)24(34)19-8-6-18(7-9-19)22-17-26(12-5-14-33(15-13-26)25(35)27(29,30)31)38-23-11-10-20(16-21(22)23)39(28,36)37/h6-11,16,22H,3-5,12-15,17H2,1-2H3. The molecule has 0 N–H and O–H groups in total. The number of hydrogen-bond acceptors (Lipinski definition) is 5. The van der Waals surface area contributed by atoms with Crippen LogP contribution in [0, 0.1) is 0 Å². The zero-order valence-electron chi connectivity index (χ0n) is 21.6. The molecule has 2 unspecified atom stereocenters. The van der Waals surface area contributed by atoms with Gasteiger partial charge in [0, 0.05) is 60.3 Å². The van der Waals surface area contributed by atoms with Crippen LogP contribution in [0.1, 0.15) is 66.9 Å². The number of amides is 2. The summed E-state index contributed by atoms with van der Waals surface area (Å²) >= 11 is 0. The van der Waals surface area contributed by atoms with Gasteiger partial charge in [-0.15, -0.1) is 0 Å². The Morgan fingerprint density at radius 2 is 1.74 bits per heavy atom. The molecule has 4 rings (SSSR count). The van der Waals surface area contributed by atoms with Crippen molar-refractivity contribution in [2.75, 3.05) is 26.2 Å². The van der Waals surface area contributed by atoms with Gasteiger partial charge in [-0.1, -0.05) is 12.1 Å². The number of carbonyl (C=O) groups excluding carboxylic acids is 2. The van der Waals surface area contributed by atoms with Crippen molar-refractivity contribution in [1.29, 1.82) is 0 Å². The Labute approximate surface area is 230 Å². The maximum atomic E-state index is 13.1. The van der Waals surface area contributed by atoms with Gasteiger partial charge in [0.15, 0.2) is 0 Å². The Hall–Kier alpha value is -2.79. The first kappa shape index (κ1) is 29.2. The second-order valence-corrected chi connectivity index (χ2v) is 12.5. The molecule has 39 heavy (non-hydrogen) atoms. The SMILES string of the molecule is CCN(CC)C(=O)c1ccc(C2CC3(CCCN(C(=O)C(F)(F)F)CC3)Oc3ccc(S(=O)(=O)Cl)cc32)cc1. The summed E-state index contributed by atoms with van der Waals surface area (Å²) in [5.41, 5.74) is 1.02. The highest BCUT2D eigenvalue weighted by molar-refractivity contribution is 8.13. The second kappa shape index (κ2) is 11.0. The third kappa shape index (κ3) is 6.19. The Balaban J connectivity index is 1.71. The first-order valence-electron chi connectivity index (χ1n) is 12.8. The minimum atomic E-state index is -4.95. The molecular weight excluding hydrogens is 557 g/mol. The summed E-state index contributed by atoms with van der Waals surface area (Å²) in [7, 11) is 1.58. The first-order valence-corrected chi connectivity index (χ1v) is 15.1. The lowest BCUT2D eigenvalue weighted by atomic mass is 9.75. The van der Waals surface area contributed by atoms with Crippen molar-refractivity contribution in [3.8, 4) is 5.75 Å². The highest BCUT2D eigenvalue weighted by atomic mass is 35.7. The van der Waals surface area contributed by atoms with E-state index in [0.29, 0.717) is 49.2 Å². The zero-order valence-corrected chi connectivity index (χ0v) is 23.2. The smallest absolute Gasteiger partial charge is 0.471 e. The van der Waals surface area contributed by atoms with E-state index < -0.39 is 26.7 Å². The average Bonchev–Trinajstić information content (AvgIpc) is 3.09. The van der Waals surface area contributed by atoms with Crippen molar-refractivity contribution < 1.29 is 35.9 Å². The molecule has 0 radical (unpaired) electrons. The van der Waals surface area contributed by atoms with Gasteiger partial charge in [0.05, 0.1) is 4.90 Å². The van der Waals surface area contributed by atoms with Gasteiger partial charge < -0.3 is 14.5 Å². The Morgan fingerprint density at radius 3 is 2.33 bits per heavy atom. The van der Waals surface area contributed by atoms with E-state index in [-0.39, 0.29) is 36.2 Å². The molecule has 2 aromatic carbocycles. The van der Waals surface area contributed by atoms with Crippen LogP contribution in [0.15, 0.2) is 47.4 Å². The van der Waals surface area contributed by atoms with Gasteiger partial charge in [-0.05, 0) is 69.0 Å². The Kier molecular flexibility index (Phi) is 8.23. The monoisotopic (exact) mass is 586 g/mol. The zero-order chi connectivity index (χ0) is 28.6. The summed E-state index contributed by atoms with van der Waals surface area (Å²) in [5, 5.41) is 0. The van der Waals surface area contributed by atoms with Crippen molar-refractivity contribution in [2.24, 2.45) is 0 Å². The van der Waals surface area contributed by atoms with Gasteiger partial charge in [-0.3, -0.25) is 9.59 Å². The Morgan fingerprint density at radius 1 is 1.08 bits per heavy atom. The predicted molar refractivity (Wildman–Crippen MR) is 139 cm³/mol. The lowest BCUT2D eigenvalue weighted by molar-refractivity contribution is -0.185. The second-order valence-electron chi connectivity index (χ2n) is 9.92. The molecule has 0 aromatic heterocycles. The van der Waals surface area contributed by atoms with Crippen LogP contribution in [0.4, 0.5) is 13.2 Å². The van der Waals surface area contributed by atoms with Crippen molar-refractivity contribution in [3.05, 3.63) is 59.2 Å². The number of benzene rings is 2. The lowest BCUT2D eigenvalue weighted by Crippen LogP contribution is -2.44. The van der Waals surface area contributed by atoms with E-state index in [9.17, 15) is 31.2 Å². The molecule has 2 aliphatic heterocycles. The minimum Gasteiger partial charge on any atom is -0.487 e. The fourth-order valence-electron chi connectivity index (χ4n) is 5.51. The number of carbonyl (C=O) groups is 2. The number of ether oxygens (including phenoxy) is 1. The average molecular weight is 587 g/mol. The summed E-state index contributed by atoms with van der Waals surface area (Å²) in [6.07, 6.45) is -3.69. The molecule has 1 spiro atoms. The van der Waals surface area contributed by atoms with Gasteiger partial charge in [0.25, 0.3) is 15.0 Å². The predicted octanol–water partition coefficient (Wildman–Crippen LogP) is 5.32. The molecule has 12 heteroatoms. The van der Waals surface area contributed by atoms with Crippen molar-refractivity contribution in [2.45, 2.75) is 62.1 Å². The summed E-state index contributed by atoms with van der Waals surface area (Å²) in [6, 6.07) is 11.4. The number of alkyl halides is 3. The van der Waals surface area contributed by atoms with E-state index in [4.69, 9.17) is 15.4 Å². The topological polar surface area (TPSA) is 84.0 Å². The summed E-state index contributed by atoms with van der Waals surface area (Å²) in [4.78, 5) is 27.1. The van der Waals surface area contributed by atoms with Crippen molar-refractivity contribution in [3.63, 3.8) is 0 Å².